The standard InChI is InChI=1S/C34H30BrF2N5O4S/c35-28-18-25(8-9-31(28)45-21-23-5-3-6-24(36)17-23)42-33-26-19-27(29(37)20-30(26)40-22-41-33)34(10-4-15-46-34)11-13-38-14-16-47(43,44)32-7-1-2-12-39-32/h1-9,12,15,17-20,22,38H,10-11,13-14,16,21H2,(H,40,41,42). The third kappa shape index (κ3) is 7.58. The largest absolute Gasteiger partial charge is 0.490 e. The Kier molecular flexibility index (Phi) is 9.76. The van der Waals surface area contributed by atoms with Crippen molar-refractivity contribution in [2.45, 2.75) is 30.1 Å². The molecule has 13 heteroatoms. The van der Waals surface area contributed by atoms with Crippen molar-refractivity contribution in [2.75, 3.05) is 24.2 Å². The molecule has 0 saturated heterocycles. The van der Waals surface area contributed by atoms with Crippen LogP contribution in [0.1, 0.15) is 24.0 Å². The zero-order valence-corrected chi connectivity index (χ0v) is 27.4. The van der Waals surface area contributed by atoms with E-state index in [1.807, 2.05) is 18.2 Å². The molecule has 6 rings (SSSR count). The van der Waals surface area contributed by atoms with Crippen molar-refractivity contribution in [3.8, 4) is 5.75 Å². The number of nitrogens with one attached hydrogen (secondary N) is 2. The molecule has 1 aliphatic heterocycles. The molecule has 242 valence electrons. The Balaban J connectivity index is 1.16. The topological polar surface area (TPSA) is 115 Å². The molecule has 2 aromatic heterocycles. The summed E-state index contributed by atoms with van der Waals surface area (Å²) in [5.41, 5.74) is 1.16. The molecule has 0 spiro atoms. The molecule has 3 aromatic carbocycles. The van der Waals surface area contributed by atoms with E-state index in [0.29, 0.717) is 63.1 Å². The number of halogens is 3. The van der Waals surface area contributed by atoms with E-state index in [0.717, 1.165) is 0 Å². The highest BCUT2D eigenvalue weighted by molar-refractivity contribution is 9.10. The highest BCUT2D eigenvalue weighted by atomic mass is 79.9. The van der Waals surface area contributed by atoms with Gasteiger partial charge in [-0.25, -0.2) is 32.2 Å². The van der Waals surface area contributed by atoms with Crippen LogP contribution < -0.4 is 15.4 Å². The predicted octanol–water partition coefficient (Wildman–Crippen LogP) is 6.97. The Labute approximate surface area is 279 Å². The Bertz CT molecular complexity index is 2020. The number of anilines is 2. The number of nitrogens with zero attached hydrogens (tertiary/aromatic N) is 3. The van der Waals surface area contributed by atoms with E-state index in [4.69, 9.17) is 9.47 Å². The molecule has 3 heterocycles. The average molecular weight is 723 g/mol. The number of hydrogen-bond donors (Lipinski definition) is 2. The minimum absolute atomic E-state index is 0.0315. The highest BCUT2D eigenvalue weighted by Crippen LogP contribution is 2.41. The molecule has 1 unspecified atom stereocenters. The fourth-order valence-electron chi connectivity index (χ4n) is 5.34. The minimum Gasteiger partial charge on any atom is -0.490 e. The third-order valence-corrected chi connectivity index (χ3v) is 9.98. The molecule has 47 heavy (non-hydrogen) atoms. The number of aromatic nitrogens is 3. The SMILES string of the molecule is O=S(=O)(CCNCCC1(c2cc3c(Nc4ccc(OCc5cccc(F)c5)c(Br)c4)ncnc3cc2F)CC=CO1)c1ccccn1. The maximum absolute atomic E-state index is 15.7. The Morgan fingerprint density at radius 3 is 2.64 bits per heavy atom. The summed E-state index contributed by atoms with van der Waals surface area (Å²) in [5.74, 6) is 0.130. The van der Waals surface area contributed by atoms with E-state index in [2.05, 4.69) is 41.5 Å². The van der Waals surface area contributed by atoms with Gasteiger partial charge >= 0.3 is 0 Å². The molecule has 0 aliphatic carbocycles. The number of hydrogen-bond acceptors (Lipinski definition) is 9. The molecule has 5 aromatic rings. The lowest BCUT2D eigenvalue weighted by Gasteiger charge is -2.30. The zero-order chi connectivity index (χ0) is 32.9. The van der Waals surface area contributed by atoms with E-state index < -0.39 is 21.3 Å². The lowest BCUT2D eigenvalue weighted by molar-refractivity contribution is 0.0296. The monoisotopic (exact) mass is 721 g/mol. The van der Waals surface area contributed by atoms with E-state index in [1.54, 1.807) is 42.7 Å². The van der Waals surface area contributed by atoms with Gasteiger partial charge in [0.2, 0.25) is 0 Å². The van der Waals surface area contributed by atoms with Crippen LogP contribution in [0.3, 0.4) is 0 Å². The van der Waals surface area contributed by atoms with Crippen LogP contribution in [0, 0.1) is 11.6 Å². The molecule has 1 aliphatic rings. The van der Waals surface area contributed by atoms with Crippen LogP contribution in [-0.2, 0) is 26.8 Å². The fourth-order valence-corrected chi connectivity index (χ4v) is 6.96. The molecule has 9 nitrogen and oxygen atoms in total. The first-order chi connectivity index (χ1) is 22.7. The van der Waals surface area contributed by atoms with Crippen molar-refractivity contribution in [3.05, 3.63) is 125 Å². The van der Waals surface area contributed by atoms with Crippen molar-refractivity contribution in [2.24, 2.45) is 0 Å². The van der Waals surface area contributed by atoms with Crippen LogP contribution in [-0.4, -0.2) is 42.2 Å². The number of benzene rings is 3. The van der Waals surface area contributed by atoms with Crippen LogP contribution >= 0.6 is 15.9 Å². The Morgan fingerprint density at radius 1 is 0.979 bits per heavy atom. The van der Waals surface area contributed by atoms with Crippen molar-refractivity contribution >= 4 is 48.2 Å². The summed E-state index contributed by atoms with van der Waals surface area (Å²) in [4.78, 5) is 12.7. The van der Waals surface area contributed by atoms with E-state index in [1.165, 1.54) is 36.8 Å². The minimum atomic E-state index is -3.53. The Morgan fingerprint density at radius 2 is 1.87 bits per heavy atom. The van der Waals surface area contributed by atoms with E-state index >= 15 is 4.39 Å². The molecular formula is C34H30BrF2N5O4S. The van der Waals surface area contributed by atoms with E-state index in [-0.39, 0.29) is 29.7 Å². The van der Waals surface area contributed by atoms with Gasteiger partial charge in [0.1, 0.15) is 41.7 Å². The van der Waals surface area contributed by atoms with Gasteiger partial charge in [0.05, 0.1) is 22.0 Å². The smallest absolute Gasteiger partial charge is 0.196 e. The molecule has 2 N–H and O–H groups in total. The second-order valence-electron chi connectivity index (χ2n) is 10.9. The van der Waals surface area contributed by atoms with Crippen molar-refractivity contribution < 1.29 is 26.7 Å². The van der Waals surface area contributed by atoms with Gasteiger partial charge in [0.15, 0.2) is 14.9 Å². The van der Waals surface area contributed by atoms with Gasteiger partial charge in [0, 0.05) is 48.3 Å². The van der Waals surface area contributed by atoms with Crippen LogP contribution in [0.4, 0.5) is 20.3 Å². The van der Waals surface area contributed by atoms with Crippen LogP contribution in [0.15, 0.2) is 107 Å². The van der Waals surface area contributed by atoms with Crippen molar-refractivity contribution in [3.63, 3.8) is 0 Å². The lowest BCUT2D eigenvalue weighted by atomic mass is 9.86. The summed E-state index contributed by atoms with van der Waals surface area (Å²) in [5, 5.41) is 7.08. The molecule has 0 amide bonds. The van der Waals surface area contributed by atoms with Gasteiger partial charge in [-0.1, -0.05) is 18.2 Å². The first-order valence-electron chi connectivity index (χ1n) is 14.8. The zero-order valence-electron chi connectivity index (χ0n) is 25.0. The van der Waals surface area contributed by atoms with E-state index in [9.17, 15) is 12.8 Å². The van der Waals surface area contributed by atoms with Crippen molar-refractivity contribution in [1.82, 2.24) is 20.3 Å². The van der Waals surface area contributed by atoms with Crippen LogP contribution in [0.5, 0.6) is 5.75 Å². The highest BCUT2D eigenvalue weighted by Gasteiger charge is 2.38. The number of rotatable bonds is 13. The number of fused-ring (bicyclic) bond motifs is 1. The van der Waals surface area contributed by atoms with Gasteiger partial charge in [-0.2, -0.15) is 0 Å². The fraction of sp³-hybridized carbons (Fsp3) is 0.206. The summed E-state index contributed by atoms with van der Waals surface area (Å²) in [6.45, 7) is 0.788. The number of ether oxygens (including phenoxy) is 2. The van der Waals surface area contributed by atoms with Gasteiger partial charge < -0.3 is 20.1 Å². The van der Waals surface area contributed by atoms with Gasteiger partial charge in [-0.15, -0.1) is 0 Å². The van der Waals surface area contributed by atoms with Gasteiger partial charge in [0.25, 0.3) is 0 Å². The normalized spacial score (nSPS) is 15.9. The summed E-state index contributed by atoms with van der Waals surface area (Å²) >= 11 is 3.54. The second kappa shape index (κ2) is 14.1. The van der Waals surface area contributed by atoms with Crippen molar-refractivity contribution in [1.29, 1.82) is 0 Å². The average Bonchev–Trinajstić information content (AvgIpc) is 3.54. The first kappa shape index (κ1) is 32.5. The Hall–Kier alpha value is -4.46. The summed E-state index contributed by atoms with van der Waals surface area (Å²) in [7, 11) is -3.53. The summed E-state index contributed by atoms with van der Waals surface area (Å²) in [6, 6.07) is 19.5. The quantitative estimate of drug-likeness (QED) is 0.124. The second-order valence-corrected chi connectivity index (χ2v) is 13.8. The van der Waals surface area contributed by atoms with Crippen LogP contribution in [0.2, 0.25) is 0 Å². The predicted molar refractivity (Wildman–Crippen MR) is 178 cm³/mol. The molecule has 0 radical (unpaired) electrons. The number of sulfone groups is 1. The molecule has 1 atom stereocenters. The van der Waals surface area contributed by atoms with Gasteiger partial charge in [-0.3, -0.25) is 0 Å². The lowest BCUT2D eigenvalue weighted by Crippen LogP contribution is -2.33. The molecule has 0 bridgehead atoms. The maximum Gasteiger partial charge on any atom is 0.196 e. The first-order valence-corrected chi connectivity index (χ1v) is 17.2. The maximum atomic E-state index is 15.7. The third-order valence-electron chi connectivity index (χ3n) is 7.74. The summed E-state index contributed by atoms with van der Waals surface area (Å²) in [6.07, 6.45) is 7.02. The van der Waals surface area contributed by atoms with Gasteiger partial charge in [-0.05, 0) is 82.6 Å². The van der Waals surface area contributed by atoms with Crippen LogP contribution in [0.25, 0.3) is 10.9 Å². The summed E-state index contributed by atoms with van der Waals surface area (Å²) < 4.78 is 66.9. The molecular weight excluding hydrogens is 692 g/mol. The number of pyridine rings is 1. The molecule has 0 saturated carbocycles. The molecule has 0 fully saturated rings.